The van der Waals surface area contributed by atoms with Gasteiger partial charge < -0.3 is 15.1 Å². The van der Waals surface area contributed by atoms with Crippen molar-refractivity contribution in [1.82, 2.24) is 15.2 Å². The molecule has 0 radical (unpaired) electrons. The van der Waals surface area contributed by atoms with Crippen LogP contribution in [0.5, 0.6) is 0 Å². The van der Waals surface area contributed by atoms with Crippen molar-refractivity contribution < 1.29 is 0 Å². The van der Waals surface area contributed by atoms with Crippen LogP contribution in [0.15, 0.2) is 47.6 Å². The molecule has 28 heavy (non-hydrogen) atoms. The lowest BCUT2D eigenvalue weighted by Gasteiger charge is -2.29. The van der Waals surface area contributed by atoms with E-state index in [4.69, 9.17) is 0 Å². The van der Waals surface area contributed by atoms with Crippen molar-refractivity contribution in [3.63, 3.8) is 0 Å². The molecule has 1 aromatic carbocycles. The molecule has 0 aliphatic carbocycles. The van der Waals surface area contributed by atoms with Crippen molar-refractivity contribution in [3.05, 3.63) is 59.4 Å². The number of hydrogen-bond donors (Lipinski definition) is 1. The van der Waals surface area contributed by atoms with Gasteiger partial charge in [-0.2, -0.15) is 0 Å². The number of aromatic nitrogens is 1. The molecule has 0 amide bonds. The average molecular weight is 380 g/mol. The van der Waals surface area contributed by atoms with Crippen LogP contribution in [0, 0.1) is 6.92 Å². The molecule has 2 heterocycles. The van der Waals surface area contributed by atoms with Crippen LogP contribution in [-0.2, 0) is 13.0 Å². The molecular weight excluding hydrogens is 346 g/mol. The highest BCUT2D eigenvalue weighted by molar-refractivity contribution is 5.79. The lowest BCUT2D eigenvalue weighted by Crippen LogP contribution is -2.39. The molecule has 0 spiro atoms. The number of nitrogens with zero attached hydrogens (tertiary/aromatic N) is 4. The normalized spacial score (nSPS) is 14.8. The Morgan fingerprint density at radius 2 is 1.79 bits per heavy atom. The zero-order chi connectivity index (χ0) is 19.8. The monoisotopic (exact) mass is 379 g/mol. The Morgan fingerprint density at radius 3 is 2.43 bits per heavy atom. The summed E-state index contributed by atoms with van der Waals surface area (Å²) in [6, 6.07) is 13.2. The number of benzene rings is 1. The van der Waals surface area contributed by atoms with E-state index in [1.165, 1.54) is 49.2 Å². The number of pyridine rings is 1. The number of aliphatic imine (C=N–C) groups is 1. The van der Waals surface area contributed by atoms with E-state index in [0.29, 0.717) is 0 Å². The Bertz CT molecular complexity index is 746. The van der Waals surface area contributed by atoms with Crippen molar-refractivity contribution in [2.75, 3.05) is 38.6 Å². The number of guanidine groups is 1. The molecule has 5 heteroatoms. The summed E-state index contributed by atoms with van der Waals surface area (Å²) >= 11 is 0. The molecule has 0 unspecified atom stereocenters. The maximum atomic E-state index is 4.43. The van der Waals surface area contributed by atoms with E-state index in [2.05, 4.69) is 68.5 Å². The van der Waals surface area contributed by atoms with Crippen LogP contribution in [0.25, 0.3) is 0 Å². The lowest BCUT2D eigenvalue weighted by atomic mass is 10.1. The van der Waals surface area contributed by atoms with Gasteiger partial charge in [0.25, 0.3) is 0 Å². The van der Waals surface area contributed by atoms with Gasteiger partial charge in [0.1, 0.15) is 0 Å². The summed E-state index contributed by atoms with van der Waals surface area (Å²) in [5.74, 6) is 0.917. The summed E-state index contributed by atoms with van der Waals surface area (Å²) in [4.78, 5) is 13.5. The van der Waals surface area contributed by atoms with E-state index in [-0.39, 0.29) is 0 Å². The van der Waals surface area contributed by atoms with Gasteiger partial charge in [-0.05, 0) is 61.9 Å². The summed E-state index contributed by atoms with van der Waals surface area (Å²) in [6.07, 6.45) is 6.88. The van der Waals surface area contributed by atoms with Gasteiger partial charge in [-0.3, -0.25) is 9.98 Å². The fourth-order valence-electron chi connectivity index (χ4n) is 3.66. The molecule has 1 fully saturated rings. The Kier molecular flexibility index (Phi) is 7.29. The van der Waals surface area contributed by atoms with E-state index < -0.39 is 0 Å². The molecule has 1 saturated heterocycles. The number of anilines is 1. The maximum Gasteiger partial charge on any atom is 0.193 e. The molecule has 0 saturated carbocycles. The molecule has 1 aliphatic heterocycles. The van der Waals surface area contributed by atoms with Crippen molar-refractivity contribution in [3.8, 4) is 0 Å². The molecule has 3 rings (SSSR count). The smallest absolute Gasteiger partial charge is 0.193 e. The number of nitrogens with one attached hydrogen (secondary N) is 1. The molecule has 150 valence electrons. The van der Waals surface area contributed by atoms with Gasteiger partial charge in [0.15, 0.2) is 5.96 Å². The van der Waals surface area contributed by atoms with Crippen LogP contribution < -0.4 is 10.2 Å². The first-order chi connectivity index (χ1) is 13.7. The molecule has 1 aliphatic rings. The van der Waals surface area contributed by atoms with Crippen LogP contribution in [0.3, 0.4) is 0 Å². The molecule has 1 aromatic heterocycles. The summed E-state index contributed by atoms with van der Waals surface area (Å²) in [6.45, 7) is 6.07. The van der Waals surface area contributed by atoms with Crippen molar-refractivity contribution >= 4 is 11.6 Å². The third kappa shape index (κ3) is 5.72. The molecule has 1 N–H and O–H groups in total. The van der Waals surface area contributed by atoms with E-state index >= 15 is 0 Å². The minimum absolute atomic E-state index is 0.839. The van der Waals surface area contributed by atoms with Crippen LogP contribution in [0.2, 0.25) is 0 Å². The second-order valence-electron chi connectivity index (χ2n) is 7.60. The summed E-state index contributed by atoms with van der Waals surface area (Å²) < 4.78 is 0. The molecule has 0 atom stereocenters. The van der Waals surface area contributed by atoms with Crippen LogP contribution in [-0.4, -0.2) is 49.6 Å². The van der Waals surface area contributed by atoms with Crippen LogP contribution >= 0.6 is 0 Å². The summed E-state index contributed by atoms with van der Waals surface area (Å²) in [5, 5.41) is 3.46. The second kappa shape index (κ2) is 10.1. The Balaban J connectivity index is 1.49. The molecule has 2 aromatic rings. The SMILES string of the molecule is CN=C(NCCc1ccc(C)nc1)N(C)Cc1ccc(N2CCCCC2)cc1. The molecular formula is C23H33N5. The summed E-state index contributed by atoms with van der Waals surface area (Å²) in [7, 11) is 3.92. The third-order valence-corrected chi connectivity index (χ3v) is 5.32. The first-order valence-corrected chi connectivity index (χ1v) is 10.3. The average Bonchev–Trinajstić information content (AvgIpc) is 2.73. The third-order valence-electron chi connectivity index (χ3n) is 5.32. The highest BCUT2D eigenvalue weighted by Gasteiger charge is 2.11. The standard InChI is InChI=1S/C23H33N5/c1-19-7-8-20(17-26-19)13-14-25-23(24-2)27(3)18-21-9-11-22(12-10-21)28-15-5-4-6-16-28/h7-12,17H,4-6,13-16,18H2,1-3H3,(H,24,25). The minimum Gasteiger partial charge on any atom is -0.372 e. The Hall–Kier alpha value is -2.56. The molecule has 5 nitrogen and oxygen atoms in total. The fourth-order valence-corrected chi connectivity index (χ4v) is 3.66. The quantitative estimate of drug-likeness (QED) is 0.615. The molecule has 0 bridgehead atoms. The fraction of sp³-hybridized carbons (Fsp3) is 0.478. The second-order valence-corrected chi connectivity index (χ2v) is 7.60. The largest absolute Gasteiger partial charge is 0.372 e. The minimum atomic E-state index is 0.839. The van der Waals surface area contributed by atoms with Gasteiger partial charge in [0.2, 0.25) is 0 Å². The van der Waals surface area contributed by atoms with Gasteiger partial charge in [-0.15, -0.1) is 0 Å². The Labute approximate surface area is 169 Å². The van der Waals surface area contributed by atoms with Gasteiger partial charge >= 0.3 is 0 Å². The lowest BCUT2D eigenvalue weighted by molar-refractivity contribution is 0.477. The predicted molar refractivity (Wildman–Crippen MR) is 118 cm³/mol. The van der Waals surface area contributed by atoms with Gasteiger partial charge in [0, 0.05) is 57.9 Å². The zero-order valence-corrected chi connectivity index (χ0v) is 17.5. The topological polar surface area (TPSA) is 43.8 Å². The summed E-state index contributed by atoms with van der Waals surface area (Å²) in [5.41, 5.74) is 4.94. The highest BCUT2D eigenvalue weighted by Crippen LogP contribution is 2.20. The van der Waals surface area contributed by atoms with Crippen molar-refractivity contribution in [2.24, 2.45) is 4.99 Å². The van der Waals surface area contributed by atoms with E-state index in [1.807, 2.05) is 20.2 Å². The van der Waals surface area contributed by atoms with Gasteiger partial charge in [0.05, 0.1) is 0 Å². The van der Waals surface area contributed by atoms with Gasteiger partial charge in [-0.25, -0.2) is 0 Å². The van der Waals surface area contributed by atoms with E-state index in [1.54, 1.807) is 0 Å². The maximum absolute atomic E-state index is 4.43. The highest BCUT2D eigenvalue weighted by atomic mass is 15.3. The predicted octanol–water partition coefficient (Wildman–Crippen LogP) is 3.63. The van der Waals surface area contributed by atoms with Crippen LogP contribution in [0.1, 0.15) is 36.1 Å². The Morgan fingerprint density at radius 1 is 1.07 bits per heavy atom. The first kappa shape index (κ1) is 20.2. The first-order valence-electron chi connectivity index (χ1n) is 10.3. The van der Waals surface area contributed by atoms with Crippen LogP contribution in [0.4, 0.5) is 5.69 Å². The number of piperidine rings is 1. The van der Waals surface area contributed by atoms with Crippen molar-refractivity contribution in [2.45, 2.75) is 39.2 Å². The van der Waals surface area contributed by atoms with Crippen molar-refractivity contribution in [1.29, 1.82) is 0 Å². The van der Waals surface area contributed by atoms with Gasteiger partial charge in [-0.1, -0.05) is 18.2 Å². The zero-order valence-electron chi connectivity index (χ0n) is 17.5. The van der Waals surface area contributed by atoms with E-state index in [0.717, 1.165) is 31.2 Å². The number of aryl methyl sites for hydroxylation is 1. The van der Waals surface area contributed by atoms with E-state index in [9.17, 15) is 0 Å². The number of hydrogen-bond acceptors (Lipinski definition) is 3. The number of rotatable bonds is 6.